The number of hydrogen-bond donors (Lipinski definition) is 1. The van der Waals surface area contributed by atoms with Gasteiger partial charge in [0.25, 0.3) is 0 Å². The number of rotatable bonds is 3. The lowest BCUT2D eigenvalue weighted by Gasteiger charge is -2.32. The smallest absolute Gasteiger partial charge is 0.205 e. The van der Waals surface area contributed by atoms with Crippen LogP contribution in [-0.4, -0.2) is 24.1 Å². The van der Waals surface area contributed by atoms with Gasteiger partial charge in [0.2, 0.25) is 5.75 Å². The van der Waals surface area contributed by atoms with Crippen LogP contribution in [0, 0.1) is 0 Å². The van der Waals surface area contributed by atoms with E-state index in [0.717, 1.165) is 41.5 Å². The van der Waals surface area contributed by atoms with Crippen molar-refractivity contribution in [3.63, 3.8) is 0 Å². The van der Waals surface area contributed by atoms with E-state index in [0.29, 0.717) is 21.6 Å². The minimum Gasteiger partial charge on any atom is -0.381 e. The maximum atomic E-state index is 11.9. The van der Waals surface area contributed by atoms with Gasteiger partial charge in [-0.25, -0.2) is 4.98 Å². The number of nitrogens with zero attached hydrogens (tertiary/aromatic N) is 2. The summed E-state index contributed by atoms with van der Waals surface area (Å²) in [6.07, 6.45) is 1.97. The minimum absolute atomic E-state index is 0.00562. The second-order valence-corrected chi connectivity index (χ2v) is 7.98. The lowest BCUT2D eigenvalue weighted by Crippen LogP contribution is -2.39. The van der Waals surface area contributed by atoms with Crippen LogP contribution in [0.2, 0.25) is 10.0 Å². The lowest BCUT2D eigenvalue weighted by molar-refractivity contribution is 0.359. The summed E-state index contributed by atoms with van der Waals surface area (Å²) in [4.78, 5) is 6.80. The lowest BCUT2D eigenvalue weighted by atomic mass is 10.1. The highest BCUT2D eigenvalue weighted by molar-refractivity contribution is 7.22. The monoisotopic (exact) mass is 392 g/mol. The quantitative estimate of drug-likeness (QED) is 0.609. The van der Waals surface area contributed by atoms with Crippen molar-refractivity contribution in [2.45, 2.75) is 18.9 Å². The molecule has 3 aromatic rings. The van der Waals surface area contributed by atoms with E-state index in [4.69, 9.17) is 23.2 Å². The Morgan fingerprint density at radius 3 is 2.68 bits per heavy atom. The molecule has 7 heteroatoms. The van der Waals surface area contributed by atoms with E-state index in [-0.39, 0.29) is 5.75 Å². The number of nitrogens with one attached hydrogen (secondary N) is 1. The van der Waals surface area contributed by atoms with E-state index in [1.807, 2.05) is 18.2 Å². The second-order valence-electron chi connectivity index (χ2n) is 6.13. The Balaban J connectivity index is 1.43. The number of piperidine rings is 1. The Hall–Kier alpha value is -1.69. The van der Waals surface area contributed by atoms with E-state index in [1.54, 1.807) is 29.5 Å². The fourth-order valence-corrected chi connectivity index (χ4v) is 4.59. The predicted octanol–water partition coefficient (Wildman–Crippen LogP) is 5.83. The Morgan fingerprint density at radius 1 is 1.16 bits per heavy atom. The molecule has 1 fully saturated rings. The number of thiazole rings is 1. The van der Waals surface area contributed by atoms with E-state index in [1.165, 1.54) is 0 Å². The number of halogens is 2. The third-order valence-electron chi connectivity index (χ3n) is 4.43. The SMILES string of the molecule is [O]c1cccc2sc(N3CCC(Nc4ccc(Cl)cc4Cl)CC3)nc12. The Morgan fingerprint density at radius 2 is 1.96 bits per heavy atom. The molecule has 0 bridgehead atoms. The molecule has 0 aliphatic carbocycles. The number of aromatic nitrogens is 1. The maximum Gasteiger partial charge on any atom is 0.205 e. The van der Waals surface area contributed by atoms with Gasteiger partial charge in [-0.05, 0) is 43.2 Å². The first-order valence-electron chi connectivity index (χ1n) is 8.13. The fourth-order valence-electron chi connectivity index (χ4n) is 3.09. The summed E-state index contributed by atoms with van der Waals surface area (Å²) in [6.45, 7) is 1.80. The molecule has 129 valence electrons. The van der Waals surface area contributed by atoms with Gasteiger partial charge in [0, 0.05) is 24.2 Å². The van der Waals surface area contributed by atoms with E-state index in [2.05, 4.69) is 15.2 Å². The van der Waals surface area contributed by atoms with Crippen molar-refractivity contribution in [1.82, 2.24) is 4.98 Å². The van der Waals surface area contributed by atoms with E-state index < -0.39 is 0 Å². The Bertz CT molecular complexity index is 906. The summed E-state index contributed by atoms with van der Waals surface area (Å²) >= 11 is 13.8. The summed E-state index contributed by atoms with van der Waals surface area (Å²) in [5, 5.41) is 17.6. The van der Waals surface area contributed by atoms with Crippen LogP contribution in [0.4, 0.5) is 10.8 Å². The van der Waals surface area contributed by atoms with E-state index in [9.17, 15) is 5.11 Å². The number of fused-ring (bicyclic) bond motifs is 1. The average Bonchev–Trinajstić information content (AvgIpc) is 3.04. The largest absolute Gasteiger partial charge is 0.381 e. The number of anilines is 2. The molecular formula is C18H16Cl2N3OS. The summed E-state index contributed by atoms with van der Waals surface area (Å²) in [5.41, 5.74) is 1.50. The van der Waals surface area contributed by atoms with Crippen LogP contribution in [0.25, 0.3) is 10.2 Å². The molecule has 0 saturated carbocycles. The van der Waals surface area contributed by atoms with Crippen LogP contribution in [0.3, 0.4) is 0 Å². The molecule has 1 aromatic heterocycles. The van der Waals surface area contributed by atoms with Gasteiger partial charge < -0.3 is 10.2 Å². The van der Waals surface area contributed by atoms with Crippen LogP contribution in [0.1, 0.15) is 12.8 Å². The predicted molar refractivity (Wildman–Crippen MR) is 105 cm³/mol. The van der Waals surface area contributed by atoms with Gasteiger partial charge in [0.15, 0.2) is 5.13 Å². The molecule has 0 amide bonds. The van der Waals surface area contributed by atoms with Crippen molar-refractivity contribution in [2.75, 3.05) is 23.3 Å². The fraction of sp³-hybridized carbons (Fsp3) is 0.278. The first-order valence-corrected chi connectivity index (χ1v) is 9.70. The van der Waals surface area contributed by atoms with Gasteiger partial charge in [0.1, 0.15) is 5.52 Å². The van der Waals surface area contributed by atoms with Gasteiger partial charge in [-0.15, -0.1) is 0 Å². The molecule has 1 N–H and O–H groups in total. The molecule has 1 aliphatic rings. The zero-order valence-corrected chi connectivity index (χ0v) is 15.7. The summed E-state index contributed by atoms with van der Waals surface area (Å²) in [5.74, 6) is -0.00562. The molecule has 0 spiro atoms. The highest BCUT2D eigenvalue weighted by atomic mass is 35.5. The maximum absolute atomic E-state index is 11.9. The average molecular weight is 393 g/mol. The van der Waals surface area contributed by atoms with E-state index >= 15 is 0 Å². The number of hydrogen-bond acceptors (Lipinski definition) is 4. The summed E-state index contributed by atoms with van der Waals surface area (Å²) < 4.78 is 0.954. The van der Waals surface area contributed by atoms with Crippen molar-refractivity contribution < 1.29 is 5.11 Å². The standard InChI is InChI=1S/C18H16Cl2N3OS/c19-11-4-5-14(13(20)10-11)21-12-6-8-23(9-7-12)18-22-17-15(24)2-1-3-16(17)25-18/h1-5,10,12,21H,6-9H2. The number of benzene rings is 2. The Kier molecular flexibility index (Phi) is 4.63. The summed E-state index contributed by atoms with van der Waals surface area (Å²) in [7, 11) is 0. The van der Waals surface area contributed by atoms with Crippen molar-refractivity contribution in [1.29, 1.82) is 0 Å². The van der Waals surface area contributed by atoms with Gasteiger partial charge in [-0.2, -0.15) is 0 Å². The zero-order chi connectivity index (χ0) is 17.4. The highest BCUT2D eigenvalue weighted by Crippen LogP contribution is 2.35. The highest BCUT2D eigenvalue weighted by Gasteiger charge is 2.22. The molecule has 4 rings (SSSR count). The second kappa shape index (κ2) is 6.90. The molecule has 1 aliphatic heterocycles. The topological polar surface area (TPSA) is 48.1 Å². The normalized spacial score (nSPS) is 15.7. The molecule has 25 heavy (non-hydrogen) atoms. The van der Waals surface area contributed by atoms with Crippen molar-refractivity contribution >= 4 is 55.6 Å². The zero-order valence-electron chi connectivity index (χ0n) is 13.3. The molecule has 0 atom stereocenters. The first-order chi connectivity index (χ1) is 12.1. The first kappa shape index (κ1) is 16.8. The van der Waals surface area contributed by atoms with Gasteiger partial charge in [-0.3, -0.25) is 5.11 Å². The van der Waals surface area contributed by atoms with Gasteiger partial charge in [0.05, 0.1) is 15.4 Å². The van der Waals surface area contributed by atoms with Crippen molar-refractivity contribution in [3.05, 3.63) is 46.4 Å². The van der Waals surface area contributed by atoms with Crippen LogP contribution < -0.4 is 10.2 Å². The van der Waals surface area contributed by atoms with Crippen LogP contribution >= 0.6 is 34.5 Å². The molecule has 4 nitrogen and oxygen atoms in total. The van der Waals surface area contributed by atoms with Crippen molar-refractivity contribution in [3.8, 4) is 5.75 Å². The summed E-state index contributed by atoms with van der Waals surface area (Å²) in [6, 6.07) is 11.2. The third-order valence-corrected chi connectivity index (χ3v) is 6.06. The molecule has 1 radical (unpaired) electrons. The third kappa shape index (κ3) is 3.50. The van der Waals surface area contributed by atoms with Crippen LogP contribution in [-0.2, 0) is 5.11 Å². The molecule has 0 unspecified atom stereocenters. The van der Waals surface area contributed by atoms with Crippen molar-refractivity contribution in [2.24, 2.45) is 0 Å². The Labute approximate surface area is 160 Å². The molecule has 2 aromatic carbocycles. The minimum atomic E-state index is -0.00562. The van der Waals surface area contributed by atoms with Crippen LogP contribution in [0.15, 0.2) is 36.4 Å². The molecule has 2 heterocycles. The van der Waals surface area contributed by atoms with Gasteiger partial charge >= 0.3 is 0 Å². The molecule has 1 saturated heterocycles. The van der Waals surface area contributed by atoms with Crippen LogP contribution in [0.5, 0.6) is 5.75 Å². The number of para-hydroxylation sites is 1. The molecular weight excluding hydrogens is 377 g/mol. The van der Waals surface area contributed by atoms with Gasteiger partial charge in [-0.1, -0.05) is 40.6 Å².